The monoisotopic (exact) mass is 232 g/mol. The Labute approximate surface area is 101 Å². The third-order valence-corrected chi connectivity index (χ3v) is 2.04. The van der Waals surface area contributed by atoms with E-state index in [1.165, 1.54) is 0 Å². The Balaban J connectivity index is 3.06. The zero-order valence-corrected chi connectivity index (χ0v) is 10.5. The van der Waals surface area contributed by atoms with Gasteiger partial charge in [-0.25, -0.2) is 4.79 Å². The Hall–Kier alpha value is -2.02. The molecule has 0 bridgehead atoms. The molecule has 0 aliphatic heterocycles. The predicted octanol–water partition coefficient (Wildman–Crippen LogP) is 2.56. The molecule has 0 saturated carbocycles. The summed E-state index contributed by atoms with van der Waals surface area (Å²) >= 11 is 0. The molecule has 0 aliphatic rings. The summed E-state index contributed by atoms with van der Waals surface area (Å²) in [4.78, 5) is 11.9. The average Bonchev–Trinajstić information content (AvgIpc) is 2.25. The minimum Gasteiger partial charge on any atom is -0.456 e. The van der Waals surface area contributed by atoms with Crippen molar-refractivity contribution in [3.63, 3.8) is 0 Å². The minimum atomic E-state index is -0.532. The van der Waals surface area contributed by atoms with Crippen LogP contribution in [0.25, 0.3) is 0 Å². The van der Waals surface area contributed by atoms with Gasteiger partial charge in [0.2, 0.25) is 0 Å². The molecule has 4 heteroatoms. The lowest BCUT2D eigenvalue weighted by atomic mass is 10.1. The van der Waals surface area contributed by atoms with Crippen LogP contribution in [0.4, 0.5) is 5.69 Å². The SMILES string of the molecule is CNc1cc(C#N)ccc1C(=O)OC(C)(C)C. The molecule has 0 heterocycles. The number of nitrogens with one attached hydrogen (secondary N) is 1. The van der Waals surface area contributed by atoms with E-state index in [9.17, 15) is 4.79 Å². The fourth-order valence-corrected chi connectivity index (χ4v) is 1.33. The minimum absolute atomic E-state index is 0.397. The van der Waals surface area contributed by atoms with Crippen LogP contribution < -0.4 is 5.32 Å². The molecule has 90 valence electrons. The van der Waals surface area contributed by atoms with Gasteiger partial charge in [0, 0.05) is 12.7 Å². The van der Waals surface area contributed by atoms with Gasteiger partial charge in [-0.1, -0.05) is 0 Å². The lowest BCUT2D eigenvalue weighted by Gasteiger charge is -2.20. The lowest BCUT2D eigenvalue weighted by molar-refractivity contribution is 0.00707. The van der Waals surface area contributed by atoms with E-state index in [0.717, 1.165) is 0 Å². The van der Waals surface area contributed by atoms with Crippen LogP contribution in [-0.2, 0) is 4.74 Å². The molecular formula is C13H16N2O2. The van der Waals surface area contributed by atoms with Crippen LogP contribution in [0.15, 0.2) is 18.2 Å². The number of nitriles is 1. The number of hydrogen-bond acceptors (Lipinski definition) is 4. The van der Waals surface area contributed by atoms with E-state index in [1.54, 1.807) is 25.2 Å². The summed E-state index contributed by atoms with van der Waals surface area (Å²) in [5.41, 5.74) is 0.997. The van der Waals surface area contributed by atoms with Gasteiger partial charge >= 0.3 is 5.97 Å². The number of carbonyl (C=O) groups excluding carboxylic acids is 1. The van der Waals surface area contributed by atoms with Crippen molar-refractivity contribution in [1.82, 2.24) is 0 Å². The Bertz CT molecular complexity index is 467. The van der Waals surface area contributed by atoms with Gasteiger partial charge < -0.3 is 10.1 Å². The van der Waals surface area contributed by atoms with Crippen LogP contribution in [0.2, 0.25) is 0 Å². The molecule has 0 aliphatic carbocycles. The van der Waals surface area contributed by atoms with Crippen molar-refractivity contribution >= 4 is 11.7 Å². The standard InChI is InChI=1S/C13H16N2O2/c1-13(2,3)17-12(16)10-6-5-9(8-14)7-11(10)15-4/h5-7,15H,1-4H3. The summed E-state index contributed by atoms with van der Waals surface area (Å²) in [6.07, 6.45) is 0. The van der Waals surface area contributed by atoms with Crippen LogP contribution in [-0.4, -0.2) is 18.6 Å². The number of anilines is 1. The number of nitrogens with zero attached hydrogens (tertiary/aromatic N) is 1. The zero-order chi connectivity index (χ0) is 13.1. The van der Waals surface area contributed by atoms with Crippen LogP contribution in [0, 0.1) is 11.3 Å². The molecule has 17 heavy (non-hydrogen) atoms. The van der Waals surface area contributed by atoms with Crippen LogP contribution in [0.5, 0.6) is 0 Å². The molecule has 1 aromatic carbocycles. The molecular weight excluding hydrogens is 216 g/mol. The van der Waals surface area contributed by atoms with Crippen molar-refractivity contribution in [1.29, 1.82) is 5.26 Å². The van der Waals surface area contributed by atoms with E-state index in [0.29, 0.717) is 16.8 Å². The van der Waals surface area contributed by atoms with E-state index >= 15 is 0 Å². The summed E-state index contributed by atoms with van der Waals surface area (Å²) < 4.78 is 5.28. The van der Waals surface area contributed by atoms with Crippen molar-refractivity contribution in [3.8, 4) is 6.07 Å². The van der Waals surface area contributed by atoms with Gasteiger partial charge in [-0.2, -0.15) is 5.26 Å². The second-order valence-electron chi connectivity index (χ2n) is 4.62. The van der Waals surface area contributed by atoms with Crippen LogP contribution in [0.1, 0.15) is 36.7 Å². The number of benzene rings is 1. The molecule has 4 nitrogen and oxygen atoms in total. The Morgan fingerprint density at radius 2 is 2.06 bits per heavy atom. The highest BCUT2D eigenvalue weighted by atomic mass is 16.6. The molecule has 0 amide bonds. The maximum atomic E-state index is 11.9. The van der Waals surface area contributed by atoms with Gasteiger partial charge in [-0.3, -0.25) is 0 Å². The first-order chi connectivity index (χ1) is 7.87. The van der Waals surface area contributed by atoms with Crippen LogP contribution >= 0.6 is 0 Å². The molecule has 0 aromatic heterocycles. The highest BCUT2D eigenvalue weighted by molar-refractivity contribution is 5.96. The smallest absolute Gasteiger partial charge is 0.340 e. The normalized spacial score (nSPS) is 10.5. The van der Waals surface area contributed by atoms with E-state index < -0.39 is 11.6 Å². The molecule has 1 N–H and O–H groups in total. The number of esters is 1. The fourth-order valence-electron chi connectivity index (χ4n) is 1.33. The largest absolute Gasteiger partial charge is 0.456 e. The average molecular weight is 232 g/mol. The van der Waals surface area contributed by atoms with Gasteiger partial charge in [0.1, 0.15) is 5.60 Å². The molecule has 0 unspecified atom stereocenters. The molecule has 0 atom stereocenters. The molecule has 0 saturated heterocycles. The quantitative estimate of drug-likeness (QED) is 0.796. The summed E-state index contributed by atoms with van der Waals surface area (Å²) in [5.74, 6) is -0.397. The maximum Gasteiger partial charge on any atom is 0.340 e. The number of hydrogen-bond donors (Lipinski definition) is 1. The first kappa shape index (κ1) is 13.0. The lowest BCUT2D eigenvalue weighted by Crippen LogP contribution is -2.24. The predicted molar refractivity (Wildman–Crippen MR) is 65.9 cm³/mol. The molecule has 0 radical (unpaired) electrons. The first-order valence-electron chi connectivity index (χ1n) is 5.32. The molecule has 0 spiro atoms. The Morgan fingerprint density at radius 3 is 2.53 bits per heavy atom. The van der Waals surface area contributed by atoms with Crippen molar-refractivity contribution in [2.45, 2.75) is 26.4 Å². The third kappa shape index (κ3) is 3.49. The van der Waals surface area contributed by atoms with Gasteiger partial charge in [-0.15, -0.1) is 0 Å². The second-order valence-corrected chi connectivity index (χ2v) is 4.62. The summed E-state index contributed by atoms with van der Waals surface area (Å²) in [7, 11) is 1.70. The number of rotatable bonds is 2. The third-order valence-electron chi connectivity index (χ3n) is 2.04. The maximum absolute atomic E-state index is 11.9. The van der Waals surface area contributed by atoms with Gasteiger partial charge in [-0.05, 0) is 39.0 Å². The van der Waals surface area contributed by atoms with E-state index in [2.05, 4.69) is 5.32 Å². The summed E-state index contributed by atoms with van der Waals surface area (Å²) in [5, 5.41) is 11.7. The highest BCUT2D eigenvalue weighted by Gasteiger charge is 2.20. The van der Waals surface area contributed by atoms with Crippen molar-refractivity contribution in [2.75, 3.05) is 12.4 Å². The van der Waals surface area contributed by atoms with Gasteiger partial charge in [0.15, 0.2) is 0 Å². The van der Waals surface area contributed by atoms with Crippen molar-refractivity contribution in [3.05, 3.63) is 29.3 Å². The zero-order valence-electron chi connectivity index (χ0n) is 10.5. The molecule has 1 aromatic rings. The summed E-state index contributed by atoms with van der Waals surface area (Å²) in [6, 6.07) is 6.84. The molecule has 1 rings (SSSR count). The molecule has 0 fully saturated rings. The Morgan fingerprint density at radius 1 is 1.41 bits per heavy atom. The fraction of sp³-hybridized carbons (Fsp3) is 0.385. The summed E-state index contributed by atoms with van der Waals surface area (Å²) in [6.45, 7) is 5.44. The van der Waals surface area contributed by atoms with Gasteiger partial charge in [0.05, 0.1) is 17.2 Å². The number of ether oxygens (including phenoxy) is 1. The van der Waals surface area contributed by atoms with E-state index in [4.69, 9.17) is 10.00 Å². The first-order valence-corrected chi connectivity index (χ1v) is 5.32. The van der Waals surface area contributed by atoms with Crippen molar-refractivity contribution < 1.29 is 9.53 Å². The van der Waals surface area contributed by atoms with Gasteiger partial charge in [0.25, 0.3) is 0 Å². The van der Waals surface area contributed by atoms with Crippen LogP contribution in [0.3, 0.4) is 0 Å². The van der Waals surface area contributed by atoms with E-state index in [-0.39, 0.29) is 0 Å². The number of carbonyl (C=O) groups is 1. The van der Waals surface area contributed by atoms with E-state index in [1.807, 2.05) is 26.8 Å². The second kappa shape index (κ2) is 4.88. The Kier molecular flexibility index (Phi) is 3.74. The van der Waals surface area contributed by atoms with Crippen molar-refractivity contribution in [2.24, 2.45) is 0 Å². The topological polar surface area (TPSA) is 62.1 Å². The highest BCUT2D eigenvalue weighted by Crippen LogP contribution is 2.20.